The topological polar surface area (TPSA) is 171 Å². The van der Waals surface area contributed by atoms with E-state index in [4.69, 9.17) is 5.73 Å². The molecule has 1 rings (SSSR count). The summed E-state index contributed by atoms with van der Waals surface area (Å²) in [6.45, 7) is 3.90. The number of carbonyl (C=O) groups is 4. The lowest BCUT2D eigenvalue weighted by Gasteiger charge is -2.24. The smallest absolute Gasteiger partial charge is 0.245 e. The van der Waals surface area contributed by atoms with Gasteiger partial charge < -0.3 is 31.9 Å². The van der Waals surface area contributed by atoms with Gasteiger partial charge in [0.25, 0.3) is 0 Å². The second-order valence-corrected chi connectivity index (χ2v) is 7.00. The molecule has 0 heterocycles. The molecule has 0 unspecified atom stereocenters. The molecular formula is C19H28N4O6. The number of rotatable bonds is 10. The van der Waals surface area contributed by atoms with Gasteiger partial charge >= 0.3 is 0 Å². The molecule has 10 nitrogen and oxygen atoms in total. The van der Waals surface area contributed by atoms with Gasteiger partial charge in [0.15, 0.2) is 0 Å². The Morgan fingerprint density at radius 1 is 0.966 bits per heavy atom. The largest absolute Gasteiger partial charge is 0.508 e. The van der Waals surface area contributed by atoms with Crippen LogP contribution < -0.4 is 21.7 Å². The number of aliphatic hydroxyl groups is 1. The second-order valence-electron chi connectivity index (χ2n) is 7.00. The van der Waals surface area contributed by atoms with Crippen LogP contribution in [-0.4, -0.2) is 58.6 Å². The molecule has 0 spiro atoms. The van der Waals surface area contributed by atoms with Crippen molar-refractivity contribution in [2.75, 3.05) is 6.61 Å². The van der Waals surface area contributed by atoms with Crippen molar-refractivity contribution in [3.63, 3.8) is 0 Å². The predicted octanol–water partition coefficient (Wildman–Crippen LogP) is -1.46. The summed E-state index contributed by atoms with van der Waals surface area (Å²) in [6, 6.07) is 2.75. The van der Waals surface area contributed by atoms with E-state index in [1.54, 1.807) is 26.0 Å². The number of phenols is 1. The Bertz CT molecular complexity index is 735. The molecule has 0 fully saturated rings. The van der Waals surface area contributed by atoms with Gasteiger partial charge in [-0.05, 0) is 23.6 Å². The molecule has 0 saturated heterocycles. The van der Waals surface area contributed by atoms with Gasteiger partial charge in [-0.1, -0.05) is 26.0 Å². The number of aliphatic hydroxyl groups excluding tert-OH is 1. The zero-order valence-electron chi connectivity index (χ0n) is 16.6. The number of hydrogen-bond acceptors (Lipinski definition) is 6. The summed E-state index contributed by atoms with van der Waals surface area (Å²) in [6.07, 6.45) is 0.0986. The molecule has 0 aliphatic rings. The highest BCUT2D eigenvalue weighted by Gasteiger charge is 2.29. The Hall–Kier alpha value is -3.14. The number of hydrogen-bond donors (Lipinski definition) is 6. The van der Waals surface area contributed by atoms with E-state index in [9.17, 15) is 29.4 Å². The highest BCUT2D eigenvalue weighted by molar-refractivity contribution is 5.94. The van der Waals surface area contributed by atoms with Crippen LogP contribution in [-0.2, 0) is 25.6 Å². The van der Waals surface area contributed by atoms with Crippen molar-refractivity contribution in [1.82, 2.24) is 16.0 Å². The van der Waals surface area contributed by atoms with Crippen LogP contribution >= 0.6 is 0 Å². The fourth-order valence-electron chi connectivity index (χ4n) is 2.61. The summed E-state index contributed by atoms with van der Waals surface area (Å²) in [4.78, 5) is 47.9. The van der Waals surface area contributed by atoms with E-state index < -0.39 is 48.4 Å². The first-order valence-corrected chi connectivity index (χ1v) is 9.11. The lowest BCUT2D eigenvalue weighted by Crippen LogP contribution is -2.58. The third-order valence-corrected chi connectivity index (χ3v) is 4.16. The van der Waals surface area contributed by atoms with Gasteiger partial charge in [0.05, 0.1) is 6.61 Å². The third kappa shape index (κ3) is 7.78. The first-order valence-electron chi connectivity index (χ1n) is 9.11. The van der Waals surface area contributed by atoms with Crippen LogP contribution in [0.4, 0.5) is 0 Å². The molecule has 0 radical (unpaired) electrons. The predicted molar refractivity (Wildman–Crippen MR) is 104 cm³/mol. The van der Waals surface area contributed by atoms with E-state index in [1.807, 2.05) is 0 Å². The fourth-order valence-corrected chi connectivity index (χ4v) is 2.61. The molecule has 0 saturated carbocycles. The number of phenolic OH excluding ortho intramolecular Hbond substituents is 1. The van der Waals surface area contributed by atoms with Crippen molar-refractivity contribution in [3.8, 4) is 5.75 Å². The van der Waals surface area contributed by atoms with Crippen molar-refractivity contribution in [3.05, 3.63) is 29.8 Å². The Balaban J connectivity index is 2.88. The molecule has 10 heteroatoms. The summed E-state index contributed by atoms with van der Waals surface area (Å²) in [5.74, 6) is -2.89. The zero-order valence-corrected chi connectivity index (χ0v) is 16.6. The first-order chi connectivity index (χ1) is 13.5. The van der Waals surface area contributed by atoms with Crippen molar-refractivity contribution in [2.24, 2.45) is 11.7 Å². The molecule has 29 heavy (non-hydrogen) atoms. The minimum atomic E-state index is -1.33. The summed E-state index contributed by atoms with van der Waals surface area (Å²) in [7, 11) is 0. The molecule has 1 aromatic carbocycles. The fraction of sp³-hybridized carbons (Fsp3) is 0.474. The van der Waals surface area contributed by atoms with Crippen molar-refractivity contribution >= 4 is 23.6 Å². The van der Waals surface area contributed by atoms with E-state index >= 15 is 0 Å². The molecule has 0 aliphatic carbocycles. The van der Waals surface area contributed by atoms with Gasteiger partial charge in [0, 0.05) is 13.3 Å². The van der Waals surface area contributed by atoms with Gasteiger partial charge in [-0.2, -0.15) is 0 Å². The maximum atomic E-state index is 12.6. The lowest BCUT2D eigenvalue weighted by atomic mass is 10.0. The van der Waals surface area contributed by atoms with E-state index in [-0.39, 0.29) is 18.1 Å². The summed E-state index contributed by atoms with van der Waals surface area (Å²) < 4.78 is 0. The molecule has 0 aromatic heterocycles. The zero-order chi connectivity index (χ0) is 22.1. The maximum Gasteiger partial charge on any atom is 0.245 e. The van der Waals surface area contributed by atoms with Crippen LogP contribution in [0.5, 0.6) is 5.75 Å². The van der Waals surface area contributed by atoms with Gasteiger partial charge in [0.2, 0.25) is 23.6 Å². The van der Waals surface area contributed by atoms with Gasteiger partial charge in [-0.3, -0.25) is 19.2 Å². The monoisotopic (exact) mass is 408 g/mol. The molecular weight excluding hydrogens is 380 g/mol. The minimum Gasteiger partial charge on any atom is -0.508 e. The number of benzene rings is 1. The number of nitrogens with two attached hydrogens (primary N) is 1. The Morgan fingerprint density at radius 2 is 1.52 bits per heavy atom. The Kier molecular flexibility index (Phi) is 9.07. The van der Waals surface area contributed by atoms with E-state index in [0.717, 1.165) is 0 Å². The van der Waals surface area contributed by atoms with E-state index in [2.05, 4.69) is 16.0 Å². The molecule has 0 bridgehead atoms. The number of primary amides is 1. The van der Waals surface area contributed by atoms with E-state index in [0.29, 0.717) is 5.56 Å². The standard InChI is InChI=1S/C19H28N4O6/c1-10(2)16(17(20)27)23-19(29)15(9-24)22-18(28)14(21-11(3)25)8-12-4-6-13(26)7-5-12/h4-7,10,14-16,24,26H,8-9H2,1-3H3,(H2,20,27)(H,21,25)(H,22,28)(H,23,29)/t14-,15-,16-/m0/s1. The van der Waals surface area contributed by atoms with Gasteiger partial charge in [-0.15, -0.1) is 0 Å². The summed E-state index contributed by atoms with van der Waals surface area (Å²) in [5, 5.41) is 26.1. The van der Waals surface area contributed by atoms with E-state index in [1.165, 1.54) is 19.1 Å². The Morgan fingerprint density at radius 3 is 1.97 bits per heavy atom. The molecule has 1 aromatic rings. The minimum absolute atomic E-state index is 0.0560. The van der Waals surface area contributed by atoms with Crippen LogP contribution in [0.1, 0.15) is 26.3 Å². The quantitative estimate of drug-likeness (QED) is 0.276. The third-order valence-electron chi connectivity index (χ3n) is 4.16. The lowest BCUT2D eigenvalue weighted by molar-refractivity contribution is -0.134. The molecule has 0 aliphatic heterocycles. The van der Waals surface area contributed by atoms with Crippen LogP contribution in [0.3, 0.4) is 0 Å². The number of nitrogens with one attached hydrogen (secondary N) is 3. The first kappa shape index (κ1) is 23.9. The number of aromatic hydroxyl groups is 1. The average Bonchev–Trinajstić information content (AvgIpc) is 2.64. The number of amides is 4. The maximum absolute atomic E-state index is 12.6. The molecule has 3 atom stereocenters. The highest BCUT2D eigenvalue weighted by Crippen LogP contribution is 2.11. The normalized spacial score (nSPS) is 13.8. The van der Waals surface area contributed by atoms with Crippen LogP contribution in [0.2, 0.25) is 0 Å². The van der Waals surface area contributed by atoms with Crippen molar-refractivity contribution in [2.45, 2.75) is 45.3 Å². The van der Waals surface area contributed by atoms with Gasteiger partial charge in [-0.25, -0.2) is 0 Å². The van der Waals surface area contributed by atoms with Gasteiger partial charge in [0.1, 0.15) is 23.9 Å². The molecule has 160 valence electrons. The number of carbonyl (C=O) groups excluding carboxylic acids is 4. The SMILES string of the molecule is CC(=O)N[C@@H](Cc1ccc(O)cc1)C(=O)N[C@@H](CO)C(=O)N[C@H](C(N)=O)C(C)C. The average molecular weight is 408 g/mol. The molecule has 7 N–H and O–H groups in total. The van der Waals surface area contributed by atoms with Crippen molar-refractivity contribution < 1.29 is 29.4 Å². The van der Waals surface area contributed by atoms with Crippen LogP contribution in [0.25, 0.3) is 0 Å². The van der Waals surface area contributed by atoms with Crippen LogP contribution in [0.15, 0.2) is 24.3 Å². The second kappa shape index (κ2) is 11.0. The highest BCUT2D eigenvalue weighted by atomic mass is 16.3. The summed E-state index contributed by atoms with van der Waals surface area (Å²) >= 11 is 0. The summed E-state index contributed by atoms with van der Waals surface area (Å²) in [5.41, 5.74) is 5.92. The molecule has 4 amide bonds. The Labute approximate surface area is 168 Å². The van der Waals surface area contributed by atoms with Crippen molar-refractivity contribution in [1.29, 1.82) is 0 Å². The van der Waals surface area contributed by atoms with Crippen LogP contribution in [0, 0.1) is 5.92 Å².